The third-order valence-electron chi connectivity index (χ3n) is 4.28. The van der Waals surface area contributed by atoms with E-state index in [1.165, 1.54) is 7.05 Å². The second-order valence-electron chi connectivity index (χ2n) is 6.21. The zero-order chi connectivity index (χ0) is 19.1. The van der Waals surface area contributed by atoms with E-state index in [1.54, 1.807) is 12.3 Å². The van der Waals surface area contributed by atoms with Crippen molar-refractivity contribution in [3.05, 3.63) is 46.6 Å². The third-order valence-corrected chi connectivity index (χ3v) is 4.46. The molecule has 0 atom stereocenters. The number of carbonyl (C=O) groups excluding carboxylic acids is 1. The summed E-state index contributed by atoms with van der Waals surface area (Å²) in [5, 5.41) is 18.1. The Morgan fingerprint density at radius 2 is 2.11 bits per heavy atom. The maximum absolute atomic E-state index is 12.1. The maximum atomic E-state index is 12.1. The fraction of sp³-hybridized carbons (Fsp3) is 0.235. The van der Waals surface area contributed by atoms with Crippen molar-refractivity contribution in [2.45, 2.75) is 13.5 Å². The average molecular weight is 385 g/mol. The fourth-order valence-electron chi connectivity index (χ4n) is 3.16. The first kappa shape index (κ1) is 17.2. The number of hydrogen-bond donors (Lipinski definition) is 2. The number of anilines is 3. The quantitative estimate of drug-likeness (QED) is 0.712. The van der Waals surface area contributed by atoms with Crippen LogP contribution in [-0.2, 0) is 6.54 Å². The molecule has 138 valence electrons. The molecule has 0 saturated carbocycles. The van der Waals surface area contributed by atoms with Gasteiger partial charge in [0.15, 0.2) is 16.7 Å². The Hall–Kier alpha value is -3.20. The van der Waals surface area contributed by atoms with Gasteiger partial charge in [-0.25, -0.2) is 9.67 Å². The van der Waals surface area contributed by atoms with Gasteiger partial charge in [-0.15, -0.1) is 10.2 Å². The number of aryl methyl sites for hydroxylation is 1. The van der Waals surface area contributed by atoms with Crippen LogP contribution >= 0.6 is 11.6 Å². The molecule has 3 aromatic rings. The van der Waals surface area contributed by atoms with E-state index in [0.29, 0.717) is 18.1 Å². The molecule has 0 aromatic carbocycles. The van der Waals surface area contributed by atoms with Crippen molar-refractivity contribution in [2.24, 2.45) is 0 Å². The Labute approximate surface area is 160 Å². The molecule has 0 radical (unpaired) electrons. The van der Waals surface area contributed by atoms with Gasteiger partial charge < -0.3 is 15.5 Å². The molecule has 0 spiro atoms. The Balaban J connectivity index is 1.82. The number of aromatic nitrogens is 5. The number of carbonyl (C=O) groups is 1. The molecule has 9 nitrogen and oxygen atoms in total. The molecule has 1 aliphatic heterocycles. The Morgan fingerprint density at radius 3 is 2.89 bits per heavy atom. The summed E-state index contributed by atoms with van der Waals surface area (Å²) in [6.45, 7) is 2.65. The van der Waals surface area contributed by atoms with Crippen LogP contribution < -0.4 is 15.5 Å². The van der Waals surface area contributed by atoms with Crippen LogP contribution in [0.4, 0.5) is 17.2 Å². The highest BCUT2D eigenvalue weighted by atomic mass is 35.5. The van der Waals surface area contributed by atoms with Crippen LogP contribution in [-0.4, -0.2) is 45.0 Å². The smallest absolute Gasteiger partial charge is 0.273 e. The van der Waals surface area contributed by atoms with Gasteiger partial charge in [-0.3, -0.25) is 4.79 Å². The molecule has 1 amide bonds. The molecule has 4 heterocycles. The normalized spacial score (nSPS) is 12.4. The summed E-state index contributed by atoms with van der Waals surface area (Å²) in [7, 11) is 3.51. The minimum atomic E-state index is -0.371. The van der Waals surface area contributed by atoms with Crippen LogP contribution in [0.1, 0.15) is 21.9 Å². The average Bonchev–Trinajstić information content (AvgIpc) is 3.01. The van der Waals surface area contributed by atoms with E-state index in [2.05, 4.69) is 41.9 Å². The molecule has 1 aliphatic rings. The monoisotopic (exact) mass is 384 g/mol. The maximum Gasteiger partial charge on any atom is 0.273 e. The van der Waals surface area contributed by atoms with Gasteiger partial charge in [-0.1, -0.05) is 11.6 Å². The van der Waals surface area contributed by atoms with Crippen LogP contribution in [0.15, 0.2) is 24.4 Å². The summed E-state index contributed by atoms with van der Waals surface area (Å²) in [5.74, 6) is 0.202. The highest BCUT2D eigenvalue weighted by Gasteiger charge is 2.25. The minimum Gasteiger partial charge on any atom is -0.364 e. The van der Waals surface area contributed by atoms with Crippen LogP contribution in [0, 0.1) is 6.92 Å². The van der Waals surface area contributed by atoms with E-state index in [1.807, 2.05) is 24.7 Å². The predicted octanol–water partition coefficient (Wildman–Crippen LogP) is 2.07. The molecule has 3 aromatic heterocycles. The van der Waals surface area contributed by atoms with Crippen molar-refractivity contribution in [1.82, 2.24) is 30.3 Å². The lowest BCUT2D eigenvalue weighted by Gasteiger charge is -2.29. The van der Waals surface area contributed by atoms with Crippen LogP contribution in [0.3, 0.4) is 0 Å². The fourth-order valence-corrected chi connectivity index (χ4v) is 3.30. The van der Waals surface area contributed by atoms with Gasteiger partial charge in [-0.05, 0) is 19.1 Å². The first-order valence-corrected chi connectivity index (χ1v) is 8.64. The van der Waals surface area contributed by atoms with Gasteiger partial charge in [-0.2, -0.15) is 5.10 Å². The number of hydrogen-bond acceptors (Lipinski definition) is 7. The molecule has 0 fully saturated rings. The Bertz CT molecular complexity index is 1050. The summed E-state index contributed by atoms with van der Waals surface area (Å²) >= 11 is 5.98. The third kappa shape index (κ3) is 2.95. The van der Waals surface area contributed by atoms with Crippen LogP contribution in [0.25, 0.3) is 5.69 Å². The summed E-state index contributed by atoms with van der Waals surface area (Å²) in [5.41, 5.74) is 4.37. The minimum absolute atomic E-state index is 0.135. The van der Waals surface area contributed by atoms with Crippen molar-refractivity contribution < 1.29 is 4.79 Å². The molecule has 27 heavy (non-hydrogen) atoms. The SMILES string of the molecule is CNC(=O)c1nnc(Cl)cc1Nc1nccc2c1N(C)Cc1cc(C)nn1-2. The first-order chi connectivity index (χ1) is 13.0. The van der Waals surface area contributed by atoms with Gasteiger partial charge >= 0.3 is 0 Å². The van der Waals surface area contributed by atoms with Crippen molar-refractivity contribution in [3.8, 4) is 5.69 Å². The first-order valence-electron chi connectivity index (χ1n) is 8.26. The van der Waals surface area contributed by atoms with E-state index in [9.17, 15) is 4.79 Å². The second-order valence-corrected chi connectivity index (χ2v) is 6.59. The van der Waals surface area contributed by atoms with Gasteiger partial charge in [0.2, 0.25) is 0 Å². The second kappa shape index (κ2) is 6.51. The number of rotatable bonds is 3. The highest BCUT2D eigenvalue weighted by Crippen LogP contribution is 2.37. The molecule has 0 bridgehead atoms. The number of fused-ring (bicyclic) bond motifs is 3. The van der Waals surface area contributed by atoms with Crippen LogP contribution in [0.5, 0.6) is 0 Å². The van der Waals surface area contributed by atoms with E-state index >= 15 is 0 Å². The molecule has 10 heteroatoms. The zero-order valence-corrected chi connectivity index (χ0v) is 15.7. The van der Waals surface area contributed by atoms with E-state index in [-0.39, 0.29) is 16.8 Å². The summed E-state index contributed by atoms with van der Waals surface area (Å²) in [6, 6.07) is 5.51. The largest absolute Gasteiger partial charge is 0.364 e. The van der Waals surface area contributed by atoms with Crippen molar-refractivity contribution in [2.75, 3.05) is 24.3 Å². The van der Waals surface area contributed by atoms with E-state index < -0.39 is 0 Å². The zero-order valence-electron chi connectivity index (χ0n) is 15.0. The molecule has 0 unspecified atom stereocenters. The topological polar surface area (TPSA) is 101 Å². The number of halogens is 1. The molecular weight excluding hydrogens is 368 g/mol. The molecule has 0 aliphatic carbocycles. The lowest BCUT2D eigenvalue weighted by molar-refractivity contribution is 0.0958. The summed E-state index contributed by atoms with van der Waals surface area (Å²) < 4.78 is 1.91. The van der Waals surface area contributed by atoms with Gasteiger partial charge in [0.1, 0.15) is 5.69 Å². The molecule has 4 rings (SSSR count). The molecule has 2 N–H and O–H groups in total. The number of nitrogens with one attached hydrogen (secondary N) is 2. The Kier molecular flexibility index (Phi) is 4.15. The van der Waals surface area contributed by atoms with Crippen LogP contribution in [0.2, 0.25) is 5.15 Å². The van der Waals surface area contributed by atoms with Gasteiger partial charge in [0, 0.05) is 26.4 Å². The Morgan fingerprint density at radius 1 is 1.30 bits per heavy atom. The number of nitrogens with zero attached hydrogens (tertiary/aromatic N) is 6. The molecular formula is C17H17ClN8O. The van der Waals surface area contributed by atoms with E-state index in [0.717, 1.165) is 22.8 Å². The van der Waals surface area contributed by atoms with Crippen molar-refractivity contribution >= 4 is 34.7 Å². The predicted molar refractivity (Wildman–Crippen MR) is 102 cm³/mol. The highest BCUT2D eigenvalue weighted by molar-refractivity contribution is 6.29. The summed E-state index contributed by atoms with van der Waals surface area (Å²) in [6.07, 6.45) is 1.69. The van der Waals surface area contributed by atoms with Gasteiger partial charge in [0.25, 0.3) is 5.91 Å². The number of pyridine rings is 1. The number of amides is 1. The lowest BCUT2D eigenvalue weighted by Crippen LogP contribution is -2.27. The van der Waals surface area contributed by atoms with Crippen molar-refractivity contribution in [3.63, 3.8) is 0 Å². The molecule has 0 saturated heterocycles. The summed E-state index contributed by atoms with van der Waals surface area (Å²) in [4.78, 5) is 18.7. The lowest BCUT2D eigenvalue weighted by atomic mass is 10.2. The van der Waals surface area contributed by atoms with Gasteiger partial charge in [0.05, 0.1) is 29.3 Å². The van der Waals surface area contributed by atoms with Crippen molar-refractivity contribution in [1.29, 1.82) is 0 Å². The standard InChI is InChI=1S/C17H17ClN8O/c1-9-6-10-8-25(3)15-12(26(10)24-9)4-5-20-16(15)21-11-7-13(18)22-23-14(11)17(27)19-2/h4-7H,8H2,1-3H3,(H,19,27)(H,20,21,22). The van der Waals surface area contributed by atoms with E-state index in [4.69, 9.17) is 11.6 Å².